The molecule has 2 saturated heterocycles. The zero-order valence-electron chi connectivity index (χ0n) is 19.8. The Bertz CT molecular complexity index is 659. The second-order valence-corrected chi connectivity index (χ2v) is 9.12. The van der Waals surface area contributed by atoms with Crippen molar-refractivity contribution >= 4 is 5.96 Å². The number of piperidine rings is 1. The van der Waals surface area contributed by atoms with Gasteiger partial charge in [-0.2, -0.15) is 0 Å². The van der Waals surface area contributed by atoms with Gasteiger partial charge in [-0.3, -0.25) is 9.89 Å². The van der Waals surface area contributed by atoms with Crippen LogP contribution >= 0.6 is 0 Å². The number of nitrogens with zero attached hydrogens (tertiary/aromatic N) is 2. The molecule has 3 N–H and O–H groups in total. The van der Waals surface area contributed by atoms with Gasteiger partial charge in [-0.1, -0.05) is 43.7 Å². The van der Waals surface area contributed by atoms with E-state index in [0.29, 0.717) is 6.04 Å². The molecule has 31 heavy (non-hydrogen) atoms. The van der Waals surface area contributed by atoms with Crippen molar-refractivity contribution in [1.82, 2.24) is 20.9 Å². The third kappa shape index (κ3) is 7.19. The van der Waals surface area contributed by atoms with Gasteiger partial charge in [0.1, 0.15) is 0 Å². The van der Waals surface area contributed by atoms with E-state index >= 15 is 0 Å². The number of guanidine groups is 1. The molecule has 2 unspecified atom stereocenters. The Hall–Kier alpha value is -1.63. The third-order valence-corrected chi connectivity index (χ3v) is 7.00. The van der Waals surface area contributed by atoms with Gasteiger partial charge in [-0.15, -0.1) is 0 Å². The van der Waals surface area contributed by atoms with Gasteiger partial charge in [0.2, 0.25) is 0 Å². The van der Waals surface area contributed by atoms with Gasteiger partial charge in [0.15, 0.2) is 5.96 Å². The molecule has 2 aliphatic rings. The number of aliphatic imine (C=N–C) groups is 1. The summed E-state index contributed by atoms with van der Waals surface area (Å²) in [5, 5.41) is 11.1. The molecule has 0 saturated carbocycles. The highest BCUT2D eigenvalue weighted by atomic mass is 16.5. The van der Waals surface area contributed by atoms with Crippen LogP contribution in [0.25, 0.3) is 0 Å². The standard InChI is InChI=1S/C25H43N5O/c1-4-23-12-8-9-16-30(23)17-15-27-24(26-3)28-20-25(13-18-31-19-14-25)29-21(2)22-10-6-5-7-11-22/h5-7,10-11,21,23,29H,4,8-9,12-20H2,1-3H3,(H2,26,27,28). The van der Waals surface area contributed by atoms with E-state index in [2.05, 4.69) is 70.0 Å². The topological polar surface area (TPSA) is 60.9 Å². The Morgan fingerprint density at radius 3 is 2.68 bits per heavy atom. The van der Waals surface area contributed by atoms with Crippen molar-refractivity contribution < 1.29 is 4.74 Å². The van der Waals surface area contributed by atoms with E-state index in [4.69, 9.17) is 4.74 Å². The second kappa shape index (κ2) is 12.4. The molecule has 0 amide bonds. The van der Waals surface area contributed by atoms with Crippen LogP contribution in [-0.2, 0) is 4.74 Å². The SMILES string of the molecule is CCC1CCCCN1CCNC(=NC)NCC1(NC(C)c2ccccc2)CCOCC1. The number of hydrogen-bond donors (Lipinski definition) is 3. The monoisotopic (exact) mass is 429 g/mol. The van der Waals surface area contributed by atoms with Crippen LogP contribution in [0.3, 0.4) is 0 Å². The molecule has 0 spiro atoms. The van der Waals surface area contributed by atoms with Crippen LogP contribution in [0.15, 0.2) is 35.3 Å². The molecule has 0 aromatic heterocycles. The highest BCUT2D eigenvalue weighted by Gasteiger charge is 2.34. The molecule has 2 atom stereocenters. The summed E-state index contributed by atoms with van der Waals surface area (Å²) in [4.78, 5) is 7.13. The average molecular weight is 430 g/mol. The maximum Gasteiger partial charge on any atom is 0.191 e. The van der Waals surface area contributed by atoms with Crippen LogP contribution in [-0.4, -0.2) is 68.9 Å². The Morgan fingerprint density at radius 1 is 1.19 bits per heavy atom. The Balaban J connectivity index is 1.51. The zero-order valence-corrected chi connectivity index (χ0v) is 19.8. The van der Waals surface area contributed by atoms with E-state index in [9.17, 15) is 0 Å². The van der Waals surface area contributed by atoms with E-state index in [1.54, 1.807) is 0 Å². The summed E-state index contributed by atoms with van der Waals surface area (Å²) < 4.78 is 5.68. The molecule has 0 radical (unpaired) electrons. The lowest BCUT2D eigenvalue weighted by molar-refractivity contribution is 0.0354. The normalized spacial score (nSPS) is 23.3. The first kappa shape index (κ1) is 24.0. The minimum absolute atomic E-state index is 0.00526. The van der Waals surface area contributed by atoms with Gasteiger partial charge in [0.05, 0.1) is 0 Å². The van der Waals surface area contributed by atoms with Crippen LogP contribution < -0.4 is 16.0 Å². The summed E-state index contributed by atoms with van der Waals surface area (Å²) in [6, 6.07) is 11.7. The molecular weight excluding hydrogens is 386 g/mol. The third-order valence-electron chi connectivity index (χ3n) is 7.00. The molecule has 2 aliphatic heterocycles. The lowest BCUT2D eigenvalue weighted by atomic mass is 9.88. The van der Waals surface area contributed by atoms with Gasteiger partial charge in [-0.05, 0) is 51.1 Å². The summed E-state index contributed by atoms with van der Waals surface area (Å²) in [7, 11) is 1.86. The van der Waals surface area contributed by atoms with Gasteiger partial charge in [0, 0.05) is 57.5 Å². The van der Waals surface area contributed by atoms with Crippen LogP contribution in [0.1, 0.15) is 64.0 Å². The number of ether oxygens (including phenoxy) is 1. The molecule has 1 aromatic rings. The molecule has 0 bridgehead atoms. The molecule has 3 rings (SSSR count). The van der Waals surface area contributed by atoms with Crippen molar-refractivity contribution in [2.24, 2.45) is 4.99 Å². The van der Waals surface area contributed by atoms with Crippen molar-refractivity contribution in [2.75, 3.05) is 46.4 Å². The van der Waals surface area contributed by atoms with Crippen molar-refractivity contribution in [2.45, 2.75) is 70.0 Å². The van der Waals surface area contributed by atoms with Crippen molar-refractivity contribution in [1.29, 1.82) is 0 Å². The Morgan fingerprint density at radius 2 is 1.97 bits per heavy atom. The van der Waals surface area contributed by atoms with Crippen LogP contribution in [0.5, 0.6) is 0 Å². The number of benzene rings is 1. The molecule has 6 nitrogen and oxygen atoms in total. The van der Waals surface area contributed by atoms with E-state index in [0.717, 1.165) is 57.7 Å². The summed E-state index contributed by atoms with van der Waals surface area (Å²) in [5.74, 6) is 0.894. The summed E-state index contributed by atoms with van der Waals surface area (Å²) in [6.07, 6.45) is 7.31. The number of rotatable bonds is 9. The van der Waals surface area contributed by atoms with E-state index in [1.165, 1.54) is 37.8 Å². The maximum absolute atomic E-state index is 5.68. The zero-order chi connectivity index (χ0) is 21.9. The summed E-state index contributed by atoms with van der Waals surface area (Å²) in [5.41, 5.74) is 1.33. The number of likely N-dealkylation sites (tertiary alicyclic amines) is 1. The molecule has 174 valence electrons. The molecule has 6 heteroatoms. The first-order valence-corrected chi connectivity index (χ1v) is 12.2. The van der Waals surface area contributed by atoms with Crippen molar-refractivity contribution in [3.05, 3.63) is 35.9 Å². The van der Waals surface area contributed by atoms with Crippen molar-refractivity contribution in [3.8, 4) is 0 Å². The predicted octanol–water partition coefficient (Wildman–Crippen LogP) is 3.32. The Kier molecular flexibility index (Phi) is 9.62. The fourth-order valence-corrected chi connectivity index (χ4v) is 5.03. The summed E-state index contributed by atoms with van der Waals surface area (Å²) >= 11 is 0. The minimum atomic E-state index is 0.00526. The molecule has 0 aliphatic carbocycles. The van der Waals surface area contributed by atoms with E-state index < -0.39 is 0 Å². The number of hydrogen-bond acceptors (Lipinski definition) is 4. The average Bonchev–Trinajstić information content (AvgIpc) is 2.82. The lowest BCUT2D eigenvalue weighted by Gasteiger charge is -2.41. The smallest absolute Gasteiger partial charge is 0.191 e. The van der Waals surface area contributed by atoms with Gasteiger partial charge in [-0.25, -0.2) is 0 Å². The van der Waals surface area contributed by atoms with Crippen LogP contribution in [0, 0.1) is 0 Å². The molecule has 2 fully saturated rings. The highest BCUT2D eigenvalue weighted by Crippen LogP contribution is 2.25. The maximum atomic E-state index is 5.68. The molecular formula is C25H43N5O. The first-order chi connectivity index (χ1) is 15.2. The van der Waals surface area contributed by atoms with E-state index in [1.807, 2.05) is 7.05 Å². The van der Waals surface area contributed by atoms with E-state index in [-0.39, 0.29) is 5.54 Å². The number of nitrogens with one attached hydrogen (secondary N) is 3. The van der Waals surface area contributed by atoms with Gasteiger partial charge >= 0.3 is 0 Å². The summed E-state index contributed by atoms with van der Waals surface area (Å²) in [6.45, 7) is 10.3. The Labute approximate surface area is 189 Å². The largest absolute Gasteiger partial charge is 0.381 e. The van der Waals surface area contributed by atoms with Gasteiger partial charge < -0.3 is 20.7 Å². The fourth-order valence-electron chi connectivity index (χ4n) is 5.03. The van der Waals surface area contributed by atoms with Crippen molar-refractivity contribution in [3.63, 3.8) is 0 Å². The highest BCUT2D eigenvalue weighted by molar-refractivity contribution is 5.79. The lowest BCUT2D eigenvalue weighted by Crippen LogP contribution is -2.58. The van der Waals surface area contributed by atoms with Gasteiger partial charge in [0.25, 0.3) is 0 Å². The predicted molar refractivity (Wildman–Crippen MR) is 130 cm³/mol. The quantitative estimate of drug-likeness (QED) is 0.415. The second-order valence-electron chi connectivity index (χ2n) is 9.12. The minimum Gasteiger partial charge on any atom is -0.381 e. The van der Waals surface area contributed by atoms with Crippen LogP contribution in [0.4, 0.5) is 0 Å². The fraction of sp³-hybridized carbons (Fsp3) is 0.720. The van der Waals surface area contributed by atoms with Crippen LogP contribution in [0.2, 0.25) is 0 Å². The molecule has 1 aromatic carbocycles. The first-order valence-electron chi connectivity index (χ1n) is 12.2. The molecule has 2 heterocycles.